The van der Waals surface area contributed by atoms with Crippen molar-refractivity contribution in [3.8, 4) is 0 Å². The van der Waals surface area contributed by atoms with Crippen LogP contribution in [0.15, 0.2) is 11.6 Å². The second-order valence-corrected chi connectivity index (χ2v) is 11.8. The van der Waals surface area contributed by atoms with Crippen LogP contribution >= 0.6 is 12.0 Å². The van der Waals surface area contributed by atoms with Crippen molar-refractivity contribution >= 4 is 19.8 Å². The van der Waals surface area contributed by atoms with Gasteiger partial charge in [-0.1, -0.05) is 32.4 Å². The molecule has 29 heavy (non-hydrogen) atoms. The number of allylic oxidation sites excluding steroid dienone is 1. The van der Waals surface area contributed by atoms with Crippen molar-refractivity contribution in [1.82, 2.24) is 0 Å². The normalized spacial score (nSPS) is 45.9. The van der Waals surface area contributed by atoms with Crippen LogP contribution < -0.4 is 0 Å². The predicted molar refractivity (Wildman–Crippen MR) is 127 cm³/mol. The summed E-state index contributed by atoms with van der Waals surface area (Å²) in [6.07, 6.45) is 15.2. The van der Waals surface area contributed by atoms with Gasteiger partial charge in [0.1, 0.15) is 7.77 Å². The lowest BCUT2D eigenvalue weighted by molar-refractivity contribution is -0.0553. The smallest absolute Gasteiger partial charge is 0.117 e. The molecule has 1 N–H and O–H groups in total. The van der Waals surface area contributed by atoms with Crippen molar-refractivity contribution in [2.75, 3.05) is 12.3 Å². The maximum Gasteiger partial charge on any atom is 0.117 e. The van der Waals surface area contributed by atoms with Crippen molar-refractivity contribution < 1.29 is 9.29 Å². The van der Waals surface area contributed by atoms with E-state index < -0.39 is 7.77 Å². The molecule has 8 atom stereocenters. The Bertz CT molecular complexity index is 661. The Morgan fingerprint density at radius 1 is 1.34 bits per heavy atom. The minimum Gasteiger partial charge on any atom is -0.396 e. The minimum absolute atomic E-state index is 0.261. The van der Waals surface area contributed by atoms with E-state index in [-0.39, 0.29) is 6.10 Å². The Labute approximate surface area is 187 Å². The number of hydrogen-bond acceptors (Lipinski definition) is 3. The molecule has 0 radical (unpaired) electrons. The van der Waals surface area contributed by atoms with Crippen LogP contribution in [-0.4, -0.2) is 33.9 Å². The molecule has 0 spiro atoms. The quantitative estimate of drug-likeness (QED) is 0.314. The van der Waals surface area contributed by atoms with Crippen molar-refractivity contribution in [2.24, 2.45) is 40.4 Å². The zero-order chi connectivity index (χ0) is 22.2. The van der Waals surface area contributed by atoms with Crippen molar-refractivity contribution in [2.45, 2.75) is 91.1 Å². The molecule has 164 valence electrons. The number of aliphatic hydroxyl groups is 1. The zero-order valence-electron chi connectivity index (χ0n) is 20.9. The van der Waals surface area contributed by atoms with Crippen LogP contribution in [0.2, 0.25) is 0 Å². The molecule has 3 fully saturated rings. The molecule has 0 aromatic rings. The summed E-state index contributed by atoms with van der Waals surface area (Å²) in [6.45, 7) is 7.96. The molecule has 0 aromatic heterocycles. The van der Waals surface area contributed by atoms with Gasteiger partial charge in [-0.05, 0) is 125 Å². The minimum atomic E-state index is -0.799. The first-order chi connectivity index (χ1) is 14.8. The second-order valence-electron chi connectivity index (χ2n) is 11.1. The van der Waals surface area contributed by atoms with Crippen molar-refractivity contribution in [3.63, 3.8) is 0 Å². The summed E-state index contributed by atoms with van der Waals surface area (Å²) >= 11 is 1.33. The molecule has 0 aliphatic heterocycles. The molecular formula is C25H43BO2S. The molecule has 8 unspecified atom stereocenters. The lowest BCUT2D eigenvalue weighted by Gasteiger charge is -2.58. The van der Waals surface area contributed by atoms with Gasteiger partial charge in [0, 0.05) is 6.61 Å². The largest absolute Gasteiger partial charge is 0.396 e. The summed E-state index contributed by atoms with van der Waals surface area (Å²) in [6, 6.07) is 0. The van der Waals surface area contributed by atoms with Crippen LogP contribution in [0.1, 0.15) is 85.0 Å². The summed E-state index contributed by atoms with van der Waals surface area (Å²) in [4.78, 5) is 0. The fourth-order valence-corrected chi connectivity index (χ4v) is 8.87. The highest BCUT2D eigenvalue weighted by atomic mass is 32.2. The highest BCUT2D eigenvalue weighted by Crippen LogP contribution is 2.67. The van der Waals surface area contributed by atoms with E-state index >= 15 is 0 Å². The molecule has 0 aromatic carbocycles. The topological polar surface area (TPSA) is 29.5 Å². The summed E-state index contributed by atoms with van der Waals surface area (Å²) in [7, 11) is -0.799. The SMILES string of the molecule is [2H]B([3H])CSOC1CCC2(C)C(=CCC3C2CCC2(C)C(C(C)CCCO)CCC32)C1. The van der Waals surface area contributed by atoms with E-state index in [0.717, 1.165) is 48.9 Å². The lowest BCUT2D eigenvalue weighted by atomic mass is 9.47. The lowest BCUT2D eigenvalue weighted by Crippen LogP contribution is -2.50. The first kappa shape index (κ1) is 19.7. The highest BCUT2D eigenvalue weighted by Gasteiger charge is 2.59. The van der Waals surface area contributed by atoms with Gasteiger partial charge in [-0.2, -0.15) is 0 Å². The summed E-state index contributed by atoms with van der Waals surface area (Å²) in [5.41, 5.74) is 2.93. The third-order valence-electron chi connectivity index (χ3n) is 9.91. The van der Waals surface area contributed by atoms with Gasteiger partial charge in [-0.3, -0.25) is 0 Å². The van der Waals surface area contributed by atoms with E-state index in [1.54, 1.807) is 5.57 Å². The zero-order valence-corrected chi connectivity index (χ0v) is 19.7. The Balaban J connectivity index is 1.44. The van der Waals surface area contributed by atoms with Crippen LogP contribution in [-0.2, 0) is 4.18 Å². The average molecular weight is 422 g/mol. The van der Waals surface area contributed by atoms with Crippen LogP contribution in [0.5, 0.6) is 0 Å². The van der Waals surface area contributed by atoms with Crippen LogP contribution in [0.25, 0.3) is 0 Å². The maximum absolute atomic E-state index is 9.30. The fraction of sp³-hybridized carbons (Fsp3) is 0.920. The number of fused-ring (bicyclic) bond motifs is 5. The summed E-state index contributed by atoms with van der Waals surface area (Å²) in [5.74, 6) is 4.12. The molecule has 2 nitrogen and oxygen atoms in total. The van der Waals surface area contributed by atoms with Gasteiger partial charge in [0.25, 0.3) is 0 Å². The van der Waals surface area contributed by atoms with Gasteiger partial charge in [-0.25, -0.2) is 0 Å². The van der Waals surface area contributed by atoms with E-state index in [9.17, 15) is 5.11 Å². The molecule has 3 saturated carbocycles. The number of aliphatic hydroxyl groups excluding tert-OH is 1. The predicted octanol–water partition coefficient (Wildman–Crippen LogP) is 5.60. The van der Waals surface area contributed by atoms with E-state index in [1.807, 2.05) is 0 Å². The third kappa shape index (κ3) is 3.89. The third-order valence-corrected chi connectivity index (χ3v) is 10.5. The van der Waals surface area contributed by atoms with Gasteiger partial charge >= 0.3 is 0 Å². The molecule has 4 aliphatic rings. The van der Waals surface area contributed by atoms with Crippen LogP contribution in [0, 0.1) is 40.4 Å². The Kier molecular flexibility index (Phi) is 6.06. The summed E-state index contributed by atoms with van der Waals surface area (Å²) < 4.78 is 20.7. The van der Waals surface area contributed by atoms with Gasteiger partial charge < -0.3 is 9.29 Å². The van der Waals surface area contributed by atoms with E-state index in [1.165, 1.54) is 57.0 Å². The summed E-state index contributed by atoms with van der Waals surface area (Å²) in [5, 5.41) is 9.30. The standard InChI is InChI=1S/C25H43BO2S/c1-17(5-4-14-27)21-8-9-22-20-7-6-18-15-19(28-29-16-26)10-12-24(18,2)23(20)11-13-25(21,22)3/h6,17,19-23,27H,4-5,7-16,26H2,1-3H3/i26TD. The highest BCUT2D eigenvalue weighted by molar-refractivity contribution is 7.95. The van der Waals surface area contributed by atoms with Crippen LogP contribution in [0.3, 0.4) is 0 Å². The first-order valence-corrected chi connectivity index (χ1v) is 13.1. The van der Waals surface area contributed by atoms with Crippen molar-refractivity contribution in [1.29, 1.82) is 2.67 Å². The number of rotatable bonds is 8. The van der Waals surface area contributed by atoms with Gasteiger partial charge in [-0.15, -0.1) is 0 Å². The second kappa shape index (κ2) is 8.90. The molecular weight excluding hydrogens is 375 g/mol. The van der Waals surface area contributed by atoms with Gasteiger partial charge in [0.2, 0.25) is 0 Å². The van der Waals surface area contributed by atoms with Crippen molar-refractivity contribution in [3.05, 3.63) is 11.6 Å². The Morgan fingerprint density at radius 2 is 2.21 bits per heavy atom. The molecule has 4 heteroatoms. The number of hydrogen-bond donors (Lipinski definition) is 1. The Morgan fingerprint density at radius 3 is 3.00 bits per heavy atom. The molecule has 0 saturated heterocycles. The first-order valence-electron chi connectivity index (χ1n) is 13.4. The molecule has 4 aliphatic carbocycles. The molecule has 0 heterocycles. The monoisotopic (exact) mass is 421 g/mol. The van der Waals surface area contributed by atoms with Gasteiger partial charge in [0.15, 0.2) is 0 Å². The Hall–Kier alpha value is 0.0749. The van der Waals surface area contributed by atoms with E-state index in [2.05, 4.69) is 26.8 Å². The molecule has 0 bridgehead atoms. The molecule has 4 rings (SSSR count). The van der Waals surface area contributed by atoms with Gasteiger partial charge in [0.05, 0.1) is 6.10 Å². The van der Waals surface area contributed by atoms with Crippen LogP contribution in [0.4, 0.5) is 0 Å². The maximum atomic E-state index is 9.30. The fourth-order valence-electron chi connectivity index (χ4n) is 8.43. The molecule has 0 amide bonds. The van der Waals surface area contributed by atoms with E-state index in [4.69, 9.17) is 6.85 Å². The average Bonchev–Trinajstić information content (AvgIpc) is 3.09. The van der Waals surface area contributed by atoms with E-state index in [0.29, 0.717) is 23.1 Å².